The molecule has 0 saturated heterocycles. The minimum absolute atomic E-state index is 0.179. The van der Waals surface area contributed by atoms with Crippen LogP contribution in [0, 0.1) is 0 Å². The van der Waals surface area contributed by atoms with E-state index in [1.54, 1.807) is 18.2 Å². The summed E-state index contributed by atoms with van der Waals surface area (Å²) in [6.45, 7) is 2.28. The SMILES string of the molecule is CCCCCCCCCCCCCCCCCC(c1ccc(O)cc1)c1ccccc1O. The first-order chi connectivity index (χ1) is 15.7. The molecule has 0 aliphatic heterocycles. The molecule has 2 nitrogen and oxygen atoms in total. The van der Waals surface area contributed by atoms with Gasteiger partial charge in [-0.05, 0) is 30.2 Å². The summed E-state index contributed by atoms with van der Waals surface area (Å²) in [5.74, 6) is 0.835. The van der Waals surface area contributed by atoms with E-state index in [9.17, 15) is 10.2 Å². The second kappa shape index (κ2) is 16.6. The molecule has 1 atom stereocenters. The Bertz CT molecular complexity index is 707. The number of hydrogen-bond acceptors (Lipinski definition) is 2. The monoisotopic (exact) mass is 438 g/mol. The minimum atomic E-state index is 0.179. The Labute approximate surface area is 197 Å². The van der Waals surface area contributed by atoms with E-state index in [0.29, 0.717) is 5.75 Å². The quantitative estimate of drug-likeness (QED) is 0.227. The highest BCUT2D eigenvalue weighted by molar-refractivity contribution is 5.42. The van der Waals surface area contributed by atoms with Gasteiger partial charge in [-0.15, -0.1) is 0 Å². The number of rotatable bonds is 18. The van der Waals surface area contributed by atoms with Gasteiger partial charge in [0, 0.05) is 11.5 Å². The highest BCUT2D eigenvalue weighted by Gasteiger charge is 2.17. The highest BCUT2D eigenvalue weighted by atomic mass is 16.3. The van der Waals surface area contributed by atoms with Gasteiger partial charge in [0.1, 0.15) is 11.5 Å². The van der Waals surface area contributed by atoms with Crippen molar-refractivity contribution in [2.45, 2.75) is 116 Å². The Balaban J connectivity index is 1.58. The first-order valence-corrected chi connectivity index (χ1v) is 13.3. The lowest BCUT2D eigenvalue weighted by molar-refractivity contribution is 0.459. The lowest BCUT2D eigenvalue weighted by Gasteiger charge is -2.19. The molecule has 2 aromatic carbocycles. The smallest absolute Gasteiger partial charge is 0.119 e. The topological polar surface area (TPSA) is 40.5 Å². The van der Waals surface area contributed by atoms with Crippen LogP contribution in [0.1, 0.15) is 127 Å². The third-order valence-corrected chi connectivity index (χ3v) is 6.70. The van der Waals surface area contributed by atoms with Crippen LogP contribution >= 0.6 is 0 Å². The fraction of sp³-hybridized carbons (Fsp3) is 0.600. The van der Waals surface area contributed by atoms with Crippen LogP contribution < -0.4 is 0 Å². The van der Waals surface area contributed by atoms with Crippen molar-refractivity contribution in [3.63, 3.8) is 0 Å². The van der Waals surface area contributed by atoms with Gasteiger partial charge in [-0.3, -0.25) is 0 Å². The maximum absolute atomic E-state index is 10.4. The van der Waals surface area contributed by atoms with Crippen LogP contribution in [0.4, 0.5) is 0 Å². The number of para-hydroxylation sites is 1. The lowest BCUT2D eigenvalue weighted by atomic mass is 9.86. The minimum Gasteiger partial charge on any atom is -0.508 e. The molecule has 2 heteroatoms. The van der Waals surface area contributed by atoms with Crippen LogP contribution in [0.3, 0.4) is 0 Å². The van der Waals surface area contributed by atoms with Crippen LogP contribution in [-0.2, 0) is 0 Å². The Hall–Kier alpha value is -1.96. The molecule has 0 fully saturated rings. The average molecular weight is 439 g/mol. The molecule has 0 aliphatic rings. The van der Waals surface area contributed by atoms with Gasteiger partial charge in [0.15, 0.2) is 0 Å². The van der Waals surface area contributed by atoms with Crippen molar-refractivity contribution >= 4 is 0 Å². The third-order valence-electron chi connectivity index (χ3n) is 6.70. The molecule has 1 unspecified atom stereocenters. The zero-order valence-electron chi connectivity index (χ0n) is 20.4. The first-order valence-electron chi connectivity index (χ1n) is 13.3. The molecular formula is C30H46O2. The van der Waals surface area contributed by atoms with E-state index in [4.69, 9.17) is 0 Å². The number of phenolic OH excluding ortho intramolecular Hbond substituents is 2. The van der Waals surface area contributed by atoms with Crippen molar-refractivity contribution in [3.05, 3.63) is 59.7 Å². The molecule has 0 radical (unpaired) electrons. The number of hydrogen-bond donors (Lipinski definition) is 2. The van der Waals surface area contributed by atoms with Crippen LogP contribution in [0.2, 0.25) is 0 Å². The van der Waals surface area contributed by atoms with E-state index in [2.05, 4.69) is 6.92 Å². The number of unbranched alkanes of at least 4 members (excludes halogenated alkanes) is 14. The van der Waals surface area contributed by atoms with Gasteiger partial charge in [0.25, 0.3) is 0 Å². The largest absolute Gasteiger partial charge is 0.508 e. The fourth-order valence-corrected chi connectivity index (χ4v) is 4.71. The zero-order chi connectivity index (χ0) is 22.9. The van der Waals surface area contributed by atoms with Crippen molar-refractivity contribution in [2.24, 2.45) is 0 Å². The Morgan fingerprint density at radius 2 is 1.03 bits per heavy atom. The lowest BCUT2D eigenvalue weighted by Crippen LogP contribution is -2.02. The normalized spacial score (nSPS) is 12.2. The molecule has 0 aromatic heterocycles. The van der Waals surface area contributed by atoms with E-state index in [1.807, 2.05) is 30.3 Å². The Morgan fingerprint density at radius 3 is 1.53 bits per heavy atom. The molecule has 0 bridgehead atoms. The van der Waals surface area contributed by atoms with Gasteiger partial charge >= 0.3 is 0 Å². The van der Waals surface area contributed by atoms with Gasteiger partial charge in [-0.1, -0.05) is 134 Å². The maximum Gasteiger partial charge on any atom is 0.119 e. The maximum atomic E-state index is 10.4. The van der Waals surface area contributed by atoms with Gasteiger partial charge < -0.3 is 10.2 Å². The van der Waals surface area contributed by atoms with Crippen molar-refractivity contribution in [1.29, 1.82) is 0 Å². The summed E-state index contributed by atoms with van der Waals surface area (Å²) in [6, 6.07) is 15.1. The van der Waals surface area contributed by atoms with Crippen molar-refractivity contribution in [1.82, 2.24) is 0 Å². The van der Waals surface area contributed by atoms with E-state index in [0.717, 1.165) is 24.0 Å². The summed E-state index contributed by atoms with van der Waals surface area (Å²) < 4.78 is 0. The highest BCUT2D eigenvalue weighted by Crippen LogP contribution is 2.35. The number of aromatic hydroxyl groups is 2. The molecule has 0 heterocycles. The first kappa shape index (κ1) is 26.3. The second-order valence-electron chi connectivity index (χ2n) is 9.44. The predicted molar refractivity (Wildman–Crippen MR) is 138 cm³/mol. The zero-order valence-corrected chi connectivity index (χ0v) is 20.4. The van der Waals surface area contributed by atoms with E-state index < -0.39 is 0 Å². The average Bonchev–Trinajstić information content (AvgIpc) is 2.80. The van der Waals surface area contributed by atoms with Gasteiger partial charge in [0.2, 0.25) is 0 Å². The van der Waals surface area contributed by atoms with E-state index in [-0.39, 0.29) is 11.7 Å². The molecule has 2 N–H and O–H groups in total. The summed E-state index contributed by atoms with van der Waals surface area (Å²) in [5.41, 5.74) is 2.15. The predicted octanol–water partition coefficient (Wildman–Crippen LogP) is 9.49. The Kier molecular flexibility index (Phi) is 13.7. The van der Waals surface area contributed by atoms with Crippen LogP contribution in [0.15, 0.2) is 48.5 Å². The van der Waals surface area contributed by atoms with Crippen LogP contribution in [-0.4, -0.2) is 10.2 Å². The molecule has 0 spiro atoms. The summed E-state index contributed by atoms with van der Waals surface area (Å²) in [7, 11) is 0. The number of phenols is 2. The van der Waals surface area contributed by atoms with Crippen molar-refractivity contribution < 1.29 is 10.2 Å². The number of benzene rings is 2. The second-order valence-corrected chi connectivity index (χ2v) is 9.44. The molecule has 178 valence electrons. The summed E-state index contributed by atoms with van der Waals surface area (Å²) >= 11 is 0. The molecule has 0 saturated carbocycles. The molecule has 0 aliphatic carbocycles. The van der Waals surface area contributed by atoms with Gasteiger partial charge in [0.05, 0.1) is 0 Å². The van der Waals surface area contributed by atoms with E-state index >= 15 is 0 Å². The molecule has 2 aromatic rings. The molecule has 32 heavy (non-hydrogen) atoms. The van der Waals surface area contributed by atoms with Gasteiger partial charge in [-0.25, -0.2) is 0 Å². The summed E-state index contributed by atoms with van der Waals surface area (Å²) in [4.78, 5) is 0. The third kappa shape index (κ3) is 10.6. The molecule has 2 rings (SSSR count). The summed E-state index contributed by atoms with van der Waals surface area (Å²) in [5, 5.41) is 20.0. The van der Waals surface area contributed by atoms with Crippen molar-refractivity contribution in [2.75, 3.05) is 0 Å². The van der Waals surface area contributed by atoms with Gasteiger partial charge in [-0.2, -0.15) is 0 Å². The van der Waals surface area contributed by atoms with Crippen LogP contribution in [0.25, 0.3) is 0 Å². The molecule has 0 amide bonds. The standard InChI is InChI=1S/C30H46O2/c1-2-3-4-5-6-7-8-9-10-11-12-13-14-15-16-19-28(26-22-24-27(31)25-23-26)29-20-17-18-21-30(29)32/h17-18,20-25,28,31-32H,2-16,19H2,1H3. The molecular weight excluding hydrogens is 392 g/mol. The van der Waals surface area contributed by atoms with E-state index in [1.165, 1.54) is 89.9 Å². The Morgan fingerprint density at radius 1 is 0.562 bits per heavy atom. The van der Waals surface area contributed by atoms with Crippen molar-refractivity contribution in [3.8, 4) is 11.5 Å². The summed E-state index contributed by atoms with van der Waals surface area (Å²) in [6.07, 6.45) is 21.6. The fourth-order valence-electron chi connectivity index (χ4n) is 4.71. The van der Waals surface area contributed by atoms with Crippen LogP contribution in [0.5, 0.6) is 11.5 Å².